The highest BCUT2D eigenvalue weighted by atomic mass is 32.1. The number of nitrogens with one attached hydrogen (secondary N) is 2. The molecule has 0 saturated heterocycles. The molecule has 154 valence electrons. The molecule has 0 aliphatic rings. The number of hydrogen-bond acceptors (Lipinski definition) is 3. The Morgan fingerprint density at radius 1 is 0.833 bits per heavy atom. The molecule has 0 unspecified atom stereocenters. The lowest BCUT2D eigenvalue weighted by atomic mass is 10.1. The third-order valence-corrected chi connectivity index (χ3v) is 4.75. The van der Waals surface area contributed by atoms with Crippen molar-refractivity contribution in [2.24, 2.45) is 0 Å². The van der Waals surface area contributed by atoms with Crippen molar-refractivity contribution in [3.63, 3.8) is 0 Å². The summed E-state index contributed by atoms with van der Waals surface area (Å²) in [5, 5.41) is 6.06. The van der Waals surface area contributed by atoms with Crippen molar-refractivity contribution in [3.8, 4) is 5.75 Å². The van der Waals surface area contributed by atoms with Gasteiger partial charge in [0.1, 0.15) is 5.75 Å². The van der Waals surface area contributed by atoms with Gasteiger partial charge in [0, 0.05) is 18.2 Å². The standard InChI is InChI=1S/C25H26N2O2S/c28-24(17-16-21-11-5-2-6-12-21)27-25(30)26-22-14-7-15-23(19-22)29-18-8-13-20-9-3-1-4-10-20/h1-7,9-12,14-15,19H,8,13,16-18H2,(H2,26,27,28,30). The molecule has 0 spiro atoms. The van der Waals surface area contributed by atoms with Gasteiger partial charge in [0.15, 0.2) is 5.11 Å². The van der Waals surface area contributed by atoms with Crippen molar-refractivity contribution in [2.75, 3.05) is 11.9 Å². The van der Waals surface area contributed by atoms with E-state index in [1.165, 1.54) is 5.56 Å². The molecule has 0 aromatic heterocycles. The molecule has 3 rings (SSSR count). The molecule has 3 aromatic rings. The van der Waals surface area contributed by atoms with Crippen molar-refractivity contribution in [1.29, 1.82) is 0 Å². The van der Waals surface area contributed by atoms with Crippen molar-refractivity contribution < 1.29 is 9.53 Å². The van der Waals surface area contributed by atoms with Crippen LogP contribution in [0.2, 0.25) is 0 Å². The van der Waals surface area contributed by atoms with Crippen LogP contribution in [0.25, 0.3) is 0 Å². The fourth-order valence-corrected chi connectivity index (χ4v) is 3.26. The van der Waals surface area contributed by atoms with Gasteiger partial charge in [0.25, 0.3) is 0 Å². The van der Waals surface area contributed by atoms with E-state index < -0.39 is 0 Å². The molecule has 1 amide bonds. The van der Waals surface area contributed by atoms with Crippen LogP contribution >= 0.6 is 12.2 Å². The molecule has 5 heteroatoms. The minimum atomic E-state index is -0.107. The van der Waals surface area contributed by atoms with E-state index in [0.717, 1.165) is 29.8 Å². The number of rotatable bonds is 9. The van der Waals surface area contributed by atoms with Gasteiger partial charge in [-0.3, -0.25) is 4.79 Å². The third-order valence-electron chi connectivity index (χ3n) is 4.55. The van der Waals surface area contributed by atoms with Gasteiger partial charge in [0.2, 0.25) is 5.91 Å². The van der Waals surface area contributed by atoms with E-state index in [-0.39, 0.29) is 11.0 Å². The first-order chi connectivity index (χ1) is 14.7. The molecule has 30 heavy (non-hydrogen) atoms. The fraction of sp³-hybridized carbons (Fsp3) is 0.200. The summed E-state index contributed by atoms with van der Waals surface area (Å²) >= 11 is 5.26. The molecular weight excluding hydrogens is 392 g/mol. The van der Waals surface area contributed by atoms with Gasteiger partial charge in [-0.25, -0.2) is 0 Å². The number of aryl methyl sites for hydroxylation is 2. The molecule has 0 aliphatic heterocycles. The van der Waals surface area contributed by atoms with E-state index in [4.69, 9.17) is 17.0 Å². The Balaban J connectivity index is 1.39. The summed E-state index contributed by atoms with van der Waals surface area (Å²) in [6.45, 7) is 0.638. The van der Waals surface area contributed by atoms with E-state index >= 15 is 0 Å². The predicted molar refractivity (Wildman–Crippen MR) is 126 cm³/mol. The number of thiocarbonyl (C=S) groups is 1. The summed E-state index contributed by atoms with van der Waals surface area (Å²) < 4.78 is 5.85. The number of anilines is 1. The number of carbonyl (C=O) groups excluding carboxylic acids is 1. The monoisotopic (exact) mass is 418 g/mol. The second-order valence-corrected chi connectivity index (χ2v) is 7.36. The lowest BCUT2D eigenvalue weighted by Crippen LogP contribution is -2.34. The molecule has 0 aliphatic carbocycles. The summed E-state index contributed by atoms with van der Waals surface area (Å²) in [6.07, 6.45) is 2.99. The van der Waals surface area contributed by atoms with Gasteiger partial charge < -0.3 is 15.4 Å². The highest BCUT2D eigenvalue weighted by Crippen LogP contribution is 2.18. The highest BCUT2D eigenvalue weighted by Gasteiger charge is 2.06. The summed E-state index contributed by atoms with van der Waals surface area (Å²) in [5.41, 5.74) is 3.22. The van der Waals surface area contributed by atoms with Crippen LogP contribution in [-0.2, 0) is 17.6 Å². The second kappa shape index (κ2) is 11.7. The zero-order chi connectivity index (χ0) is 21.0. The molecule has 0 atom stereocenters. The van der Waals surface area contributed by atoms with Crippen LogP contribution < -0.4 is 15.4 Å². The van der Waals surface area contributed by atoms with E-state index in [0.29, 0.717) is 19.4 Å². The Kier molecular flexibility index (Phi) is 8.42. The van der Waals surface area contributed by atoms with Crippen molar-refractivity contribution in [1.82, 2.24) is 5.32 Å². The van der Waals surface area contributed by atoms with Crippen molar-refractivity contribution in [3.05, 3.63) is 96.1 Å². The maximum absolute atomic E-state index is 12.1. The minimum Gasteiger partial charge on any atom is -0.494 e. The molecule has 3 aromatic carbocycles. The molecule has 0 saturated carbocycles. The van der Waals surface area contributed by atoms with Gasteiger partial charge in [0.05, 0.1) is 6.61 Å². The summed E-state index contributed by atoms with van der Waals surface area (Å²) in [6, 6.07) is 27.9. The smallest absolute Gasteiger partial charge is 0.226 e. The normalized spacial score (nSPS) is 10.3. The molecule has 2 N–H and O–H groups in total. The Hall–Kier alpha value is -3.18. The summed E-state index contributed by atoms with van der Waals surface area (Å²) in [4.78, 5) is 12.1. The Morgan fingerprint density at radius 2 is 1.50 bits per heavy atom. The van der Waals surface area contributed by atoms with Crippen LogP contribution in [0.1, 0.15) is 24.0 Å². The van der Waals surface area contributed by atoms with Crippen molar-refractivity contribution >= 4 is 28.9 Å². The second-order valence-electron chi connectivity index (χ2n) is 6.95. The molecule has 4 nitrogen and oxygen atoms in total. The molecule has 0 heterocycles. The number of ether oxygens (including phenoxy) is 1. The maximum atomic E-state index is 12.1. The molecule has 0 bridgehead atoms. The molecular formula is C25H26N2O2S. The largest absolute Gasteiger partial charge is 0.494 e. The van der Waals surface area contributed by atoms with Gasteiger partial charge >= 0.3 is 0 Å². The number of benzene rings is 3. The van der Waals surface area contributed by atoms with Crippen molar-refractivity contribution in [2.45, 2.75) is 25.7 Å². The fourth-order valence-electron chi connectivity index (χ4n) is 3.03. The first-order valence-corrected chi connectivity index (χ1v) is 10.5. The van der Waals surface area contributed by atoms with Gasteiger partial charge in [-0.1, -0.05) is 66.7 Å². The average molecular weight is 419 g/mol. The molecule has 0 fully saturated rings. The van der Waals surface area contributed by atoms with Crippen LogP contribution in [0.4, 0.5) is 5.69 Å². The quantitative estimate of drug-likeness (QED) is 0.373. The van der Waals surface area contributed by atoms with E-state index in [2.05, 4.69) is 34.9 Å². The third kappa shape index (κ3) is 7.68. The van der Waals surface area contributed by atoms with Gasteiger partial charge in [-0.05, 0) is 54.7 Å². The SMILES string of the molecule is O=C(CCc1ccccc1)NC(=S)Nc1cccc(OCCCc2ccccc2)c1. The van der Waals surface area contributed by atoms with Crippen LogP contribution in [0.5, 0.6) is 5.75 Å². The zero-order valence-electron chi connectivity index (χ0n) is 16.8. The van der Waals surface area contributed by atoms with E-state index in [1.807, 2.05) is 60.7 Å². The first kappa shape index (κ1) is 21.5. The molecule has 0 radical (unpaired) electrons. The lowest BCUT2D eigenvalue weighted by Gasteiger charge is -2.11. The minimum absolute atomic E-state index is 0.107. The zero-order valence-corrected chi connectivity index (χ0v) is 17.7. The van der Waals surface area contributed by atoms with Crippen LogP contribution in [0.3, 0.4) is 0 Å². The van der Waals surface area contributed by atoms with Crippen LogP contribution in [-0.4, -0.2) is 17.6 Å². The van der Waals surface area contributed by atoms with Gasteiger partial charge in [-0.15, -0.1) is 0 Å². The Labute approximate surface area is 183 Å². The van der Waals surface area contributed by atoms with E-state index in [9.17, 15) is 4.79 Å². The Bertz CT molecular complexity index is 946. The summed E-state index contributed by atoms with van der Waals surface area (Å²) in [5.74, 6) is 0.663. The Morgan fingerprint density at radius 3 is 2.20 bits per heavy atom. The topological polar surface area (TPSA) is 50.4 Å². The average Bonchev–Trinajstić information content (AvgIpc) is 2.77. The number of carbonyl (C=O) groups is 1. The number of amides is 1. The highest BCUT2D eigenvalue weighted by molar-refractivity contribution is 7.80. The van der Waals surface area contributed by atoms with E-state index in [1.54, 1.807) is 0 Å². The predicted octanol–water partition coefficient (Wildman–Crippen LogP) is 5.14. The van der Waals surface area contributed by atoms with Gasteiger partial charge in [-0.2, -0.15) is 0 Å². The lowest BCUT2D eigenvalue weighted by molar-refractivity contribution is -0.119. The maximum Gasteiger partial charge on any atom is 0.226 e. The van der Waals surface area contributed by atoms with Crippen LogP contribution in [0.15, 0.2) is 84.9 Å². The first-order valence-electron chi connectivity index (χ1n) is 10.1. The summed E-state index contributed by atoms with van der Waals surface area (Å²) in [7, 11) is 0. The number of hydrogen-bond donors (Lipinski definition) is 2. The van der Waals surface area contributed by atoms with Crippen LogP contribution in [0, 0.1) is 0 Å².